The normalized spacial score (nSPS) is 11.2. The van der Waals surface area contributed by atoms with Gasteiger partial charge in [-0.25, -0.2) is 0 Å². The molecule has 2 N–H and O–H groups in total. The Bertz CT molecular complexity index is 205. The molecule has 0 amide bonds. The van der Waals surface area contributed by atoms with Crippen LogP contribution in [0.3, 0.4) is 0 Å². The van der Waals surface area contributed by atoms with E-state index in [2.05, 4.69) is 38.5 Å². The smallest absolute Gasteiger partial charge is 0.0521 e. The molecular weight excluding hydrogens is 160 g/mol. The SMILES string of the molecule is CC=C=C(N)CCN(C)C(C)(C)C. The van der Waals surface area contributed by atoms with E-state index in [4.69, 9.17) is 5.73 Å². The van der Waals surface area contributed by atoms with Crippen LogP contribution < -0.4 is 5.73 Å². The fourth-order valence-electron chi connectivity index (χ4n) is 0.881. The van der Waals surface area contributed by atoms with Crippen molar-refractivity contribution in [2.75, 3.05) is 13.6 Å². The summed E-state index contributed by atoms with van der Waals surface area (Å²) >= 11 is 0. The highest BCUT2D eigenvalue weighted by Gasteiger charge is 2.15. The zero-order valence-electron chi connectivity index (χ0n) is 9.52. The van der Waals surface area contributed by atoms with Crippen molar-refractivity contribution in [3.8, 4) is 0 Å². The number of hydrogen-bond acceptors (Lipinski definition) is 2. The molecule has 0 heterocycles. The van der Waals surface area contributed by atoms with E-state index in [1.165, 1.54) is 0 Å². The van der Waals surface area contributed by atoms with E-state index in [0.29, 0.717) is 0 Å². The predicted molar refractivity (Wildman–Crippen MR) is 58.5 cm³/mol. The van der Waals surface area contributed by atoms with Crippen LogP contribution in [-0.4, -0.2) is 24.0 Å². The lowest BCUT2D eigenvalue weighted by atomic mass is 10.1. The molecule has 0 aliphatic rings. The van der Waals surface area contributed by atoms with E-state index in [-0.39, 0.29) is 5.54 Å². The van der Waals surface area contributed by atoms with Crippen LogP contribution in [0.4, 0.5) is 0 Å². The molecule has 0 bridgehead atoms. The highest BCUT2D eigenvalue weighted by atomic mass is 15.1. The van der Waals surface area contributed by atoms with Gasteiger partial charge in [-0.15, -0.1) is 5.73 Å². The molecule has 0 fully saturated rings. The van der Waals surface area contributed by atoms with E-state index >= 15 is 0 Å². The van der Waals surface area contributed by atoms with Gasteiger partial charge < -0.3 is 10.6 Å². The average molecular weight is 182 g/mol. The number of rotatable bonds is 3. The van der Waals surface area contributed by atoms with Gasteiger partial charge in [0.15, 0.2) is 0 Å². The third kappa shape index (κ3) is 5.51. The lowest BCUT2D eigenvalue weighted by Gasteiger charge is -2.31. The van der Waals surface area contributed by atoms with Gasteiger partial charge in [0, 0.05) is 18.5 Å². The Hall–Kier alpha value is -0.720. The van der Waals surface area contributed by atoms with Crippen molar-refractivity contribution in [3.63, 3.8) is 0 Å². The molecule has 0 spiro atoms. The first-order valence-corrected chi connectivity index (χ1v) is 4.75. The second-order valence-corrected chi connectivity index (χ2v) is 4.30. The maximum atomic E-state index is 5.72. The summed E-state index contributed by atoms with van der Waals surface area (Å²) in [4.78, 5) is 2.29. The van der Waals surface area contributed by atoms with Crippen LogP contribution in [-0.2, 0) is 0 Å². The van der Waals surface area contributed by atoms with E-state index in [1.54, 1.807) is 0 Å². The fourth-order valence-corrected chi connectivity index (χ4v) is 0.881. The van der Waals surface area contributed by atoms with Crippen molar-refractivity contribution >= 4 is 0 Å². The molecule has 0 rings (SSSR count). The first-order valence-electron chi connectivity index (χ1n) is 4.75. The first kappa shape index (κ1) is 12.3. The second-order valence-electron chi connectivity index (χ2n) is 4.30. The Kier molecular flexibility index (Phi) is 4.82. The summed E-state index contributed by atoms with van der Waals surface area (Å²) in [6.07, 6.45) is 2.74. The summed E-state index contributed by atoms with van der Waals surface area (Å²) < 4.78 is 0. The molecule has 0 unspecified atom stereocenters. The predicted octanol–water partition coefficient (Wildman–Crippen LogP) is 2.12. The van der Waals surface area contributed by atoms with Crippen LogP contribution in [0.25, 0.3) is 0 Å². The van der Waals surface area contributed by atoms with Gasteiger partial charge in [-0.2, -0.15) is 0 Å². The van der Waals surface area contributed by atoms with Crippen molar-refractivity contribution in [2.45, 2.75) is 39.7 Å². The van der Waals surface area contributed by atoms with Gasteiger partial charge in [0.2, 0.25) is 0 Å². The van der Waals surface area contributed by atoms with E-state index < -0.39 is 0 Å². The molecule has 0 saturated heterocycles. The zero-order valence-corrected chi connectivity index (χ0v) is 9.52. The average Bonchev–Trinajstić information content (AvgIpc) is 1.99. The van der Waals surface area contributed by atoms with Crippen LogP contribution in [0, 0.1) is 0 Å². The minimum Gasteiger partial charge on any atom is -0.396 e. The lowest BCUT2D eigenvalue weighted by molar-refractivity contribution is 0.178. The van der Waals surface area contributed by atoms with Gasteiger partial charge in [0.1, 0.15) is 0 Å². The molecular formula is C11H22N2. The zero-order chi connectivity index (χ0) is 10.5. The Balaban J connectivity index is 3.98. The van der Waals surface area contributed by atoms with Crippen molar-refractivity contribution in [3.05, 3.63) is 17.5 Å². The largest absolute Gasteiger partial charge is 0.396 e. The summed E-state index contributed by atoms with van der Waals surface area (Å²) in [5.41, 5.74) is 9.77. The Morgan fingerprint density at radius 2 is 2.00 bits per heavy atom. The third-order valence-corrected chi connectivity index (χ3v) is 2.19. The fraction of sp³-hybridized carbons (Fsp3) is 0.727. The number of nitrogens with two attached hydrogens (primary N) is 1. The van der Waals surface area contributed by atoms with Gasteiger partial charge in [0.05, 0.1) is 5.70 Å². The standard InChI is InChI=1S/C11H22N2/c1-6-7-10(12)8-9-13(5)11(2,3)4/h6H,8-9,12H2,1-5H3. The molecule has 2 nitrogen and oxygen atoms in total. The minimum atomic E-state index is 0.218. The van der Waals surface area contributed by atoms with E-state index in [0.717, 1.165) is 18.7 Å². The van der Waals surface area contributed by atoms with Crippen molar-refractivity contribution in [1.82, 2.24) is 4.90 Å². The van der Waals surface area contributed by atoms with Crippen LogP contribution in [0.5, 0.6) is 0 Å². The quantitative estimate of drug-likeness (QED) is 0.677. The van der Waals surface area contributed by atoms with Gasteiger partial charge in [-0.05, 0) is 40.8 Å². The molecule has 0 saturated carbocycles. The summed E-state index contributed by atoms with van der Waals surface area (Å²) in [5.74, 6) is 0. The minimum absolute atomic E-state index is 0.218. The van der Waals surface area contributed by atoms with Crippen LogP contribution in [0.2, 0.25) is 0 Å². The van der Waals surface area contributed by atoms with Gasteiger partial charge in [-0.3, -0.25) is 0 Å². The molecule has 13 heavy (non-hydrogen) atoms. The topological polar surface area (TPSA) is 29.3 Å². The maximum absolute atomic E-state index is 5.72. The van der Waals surface area contributed by atoms with Gasteiger partial charge in [-0.1, -0.05) is 0 Å². The monoisotopic (exact) mass is 182 g/mol. The Labute approximate surface area is 82.1 Å². The van der Waals surface area contributed by atoms with Crippen molar-refractivity contribution < 1.29 is 0 Å². The molecule has 0 aliphatic carbocycles. The Morgan fingerprint density at radius 3 is 2.38 bits per heavy atom. The highest BCUT2D eigenvalue weighted by molar-refractivity contribution is 4.96. The number of nitrogens with zero attached hydrogens (tertiary/aromatic N) is 1. The van der Waals surface area contributed by atoms with Gasteiger partial charge in [0.25, 0.3) is 0 Å². The molecule has 0 atom stereocenters. The molecule has 0 aliphatic heterocycles. The maximum Gasteiger partial charge on any atom is 0.0521 e. The molecule has 0 aromatic heterocycles. The van der Waals surface area contributed by atoms with Crippen molar-refractivity contribution in [2.24, 2.45) is 5.73 Å². The summed E-state index contributed by atoms with van der Waals surface area (Å²) in [5, 5.41) is 0. The summed E-state index contributed by atoms with van der Waals surface area (Å²) in [6.45, 7) is 9.50. The van der Waals surface area contributed by atoms with E-state index in [9.17, 15) is 0 Å². The van der Waals surface area contributed by atoms with Crippen LogP contribution in [0.1, 0.15) is 34.1 Å². The first-order chi connectivity index (χ1) is 5.88. The molecule has 76 valence electrons. The van der Waals surface area contributed by atoms with Crippen LogP contribution >= 0.6 is 0 Å². The molecule has 0 radical (unpaired) electrons. The van der Waals surface area contributed by atoms with Crippen molar-refractivity contribution in [1.29, 1.82) is 0 Å². The molecule has 0 aromatic carbocycles. The summed E-state index contributed by atoms with van der Waals surface area (Å²) in [6, 6.07) is 0. The lowest BCUT2D eigenvalue weighted by Crippen LogP contribution is -2.38. The third-order valence-electron chi connectivity index (χ3n) is 2.19. The Morgan fingerprint density at radius 1 is 1.46 bits per heavy atom. The molecule has 0 aromatic rings. The second kappa shape index (κ2) is 5.11. The van der Waals surface area contributed by atoms with Gasteiger partial charge >= 0.3 is 0 Å². The van der Waals surface area contributed by atoms with E-state index in [1.807, 2.05) is 13.0 Å². The summed E-state index contributed by atoms with van der Waals surface area (Å²) in [7, 11) is 2.11. The highest BCUT2D eigenvalue weighted by Crippen LogP contribution is 2.10. The number of hydrogen-bond donors (Lipinski definition) is 1. The van der Waals surface area contributed by atoms with Crippen LogP contribution in [0.15, 0.2) is 17.5 Å². The molecule has 2 heteroatoms.